The Kier molecular flexibility index (Phi) is 7.63. The third kappa shape index (κ3) is 7.90. The lowest BCUT2D eigenvalue weighted by molar-refractivity contribution is -0.114. The zero-order valence-corrected chi connectivity index (χ0v) is 18.9. The van der Waals surface area contributed by atoms with E-state index in [1.807, 2.05) is 0 Å². The molecule has 2 aromatic carbocycles. The van der Waals surface area contributed by atoms with Gasteiger partial charge in [0.15, 0.2) is 0 Å². The maximum atomic E-state index is 12.8. The monoisotopic (exact) mass is 468 g/mol. The van der Waals surface area contributed by atoms with E-state index in [2.05, 4.69) is 20.1 Å². The van der Waals surface area contributed by atoms with Crippen molar-refractivity contribution in [2.75, 3.05) is 32.1 Å². The van der Waals surface area contributed by atoms with Gasteiger partial charge in [0, 0.05) is 24.0 Å². The molecule has 168 valence electrons. The SMILES string of the molecule is CCCS(=O)(=O)Nc1ccc(NC(=O)c2cc(NC(C)=O)ccc2NS(C)(=O)=O)cc1. The van der Waals surface area contributed by atoms with E-state index >= 15 is 0 Å². The topological polar surface area (TPSA) is 151 Å². The predicted octanol–water partition coefficient (Wildman–Crippen LogP) is 2.42. The average Bonchev–Trinajstić information content (AvgIpc) is 2.62. The highest BCUT2D eigenvalue weighted by atomic mass is 32.2. The van der Waals surface area contributed by atoms with Gasteiger partial charge < -0.3 is 10.6 Å². The molecule has 0 fully saturated rings. The Morgan fingerprint density at radius 1 is 0.839 bits per heavy atom. The first-order valence-corrected chi connectivity index (χ1v) is 12.7. The highest BCUT2D eigenvalue weighted by molar-refractivity contribution is 7.92. The van der Waals surface area contributed by atoms with E-state index in [-0.39, 0.29) is 22.9 Å². The molecule has 31 heavy (non-hydrogen) atoms. The van der Waals surface area contributed by atoms with Gasteiger partial charge >= 0.3 is 0 Å². The molecule has 2 amide bonds. The first kappa shape index (κ1) is 24.2. The number of amides is 2. The molecule has 0 aromatic heterocycles. The fourth-order valence-corrected chi connectivity index (χ4v) is 4.33. The molecular weight excluding hydrogens is 444 g/mol. The Morgan fingerprint density at radius 2 is 1.42 bits per heavy atom. The van der Waals surface area contributed by atoms with Gasteiger partial charge in [-0.2, -0.15) is 0 Å². The van der Waals surface area contributed by atoms with Gasteiger partial charge in [0.1, 0.15) is 0 Å². The summed E-state index contributed by atoms with van der Waals surface area (Å²) in [6.07, 6.45) is 1.43. The number of hydrogen-bond acceptors (Lipinski definition) is 6. The molecule has 4 N–H and O–H groups in total. The number of nitrogens with one attached hydrogen (secondary N) is 4. The van der Waals surface area contributed by atoms with Gasteiger partial charge in [-0.25, -0.2) is 16.8 Å². The van der Waals surface area contributed by atoms with Crippen LogP contribution in [0.15, 0.2) is 42.5 Å². The van der Waals surface area contributed by atoms with E-state index in [9.17, 15) is 26.4 Å². The molecule has 0 bridgehead atoms. The Balaban J connectivity index is 2.26. The van der Waals surface area contributed by atoms with Crippen LogP contribution >= 0.6 is 0 Å². The van der Waals surface area contributed by atoms with Gasteiger partial charge in [0.25, 0.3) is 5.91 Å². The molecule has 0 radical (unpaired) electrons. The molecule has 0 aliphatic rings. The molecule has 0 aliphatic heterocycles. The third-order valence-corrected chi connectivity index (χ3v) is 5.85. The zero-order valence-electron chi connectivity index (χ0n) is 17.2. The summed E-state index contributed by atoms with van der Waals surface area (Å²) < 4.78 is 51.6. The Hall–Kier alpha value is -3.12. The van der Waals surface area contributed by atoms with Crippen molar-refractivity contribution in [3.8, 4) is 0 Å². The number of carbonyl (C=O) groups is 2. The lowest BCUT2D eigenvalue weighted by atomic mass is 10.1. The van der Waals surface area contributed by atoms with Crippen molar-refractivity contribution in [2.45, 2.75) is 20.3 Å². The van der Waals surface area contributed by atoms with Crippen molar-refractivity contribution in [3.63, 3.8) is 0 Å². The van der Waals surface area contributed by atoms with E-state index < -0.39 is 26.0 Å². The minimum absolute atomic E-state index is 0.00770. The zero-order chi connectivity index (χ0) is 23.2. The smallest absolute Gasteiger partial charge is 0.257 e. The number of anilines is 4. The summed E-state index contributed by atoms with van der Waals surface area (Å²) in [5, 5.41) is 5.15. The van der Waals surface area contributed by atoms with Crippen LogP contribution in [0.2, 0.25) is 0 Å². The maximum absolute atomic E-state index is 12.8. The van der Waals surface area contributed by atoms with Gasteiger partial charge in [0.2, 0.25) is 26.0 Å². The molecule has 0 saturated carbocycles. The molecule has 0 atom stereocenters. The summed E-state index contributed by atoms with van der Waals surface area (Å²) in [5.74, 6) is -0.986. The minimum Gasteiger partial charge on any atom is -0.326 e. The highest BCUT2D eigenvalue weighted by Crippen LogP contribution is 2.24. The molecule has 2 aromatic rings. The van der Waals surface area contributed by atoms with Crippen molar-refractivity contribution in [1.82, 2.24) is 0 Å². The van der Waals surface area contributed by atoms with E-state index in [0.717, 1.165) is 6.26 Å². The van der Waals surface area contributed by atoms with Gasteiger partial charge in [0.05, 0.1) is 23.3 Å². The maximum Gasteiger partial charge on any atom is 0.257 e. The van der Waals surface area contributed by atoms with Crippen molar-refractivity contribution < 1.29 is 26.4 Å². The molecule has 2 rings (SSSR count). The third-order valence-electron chi connectivity index (χ3n) is 3.77. The van der Waals surface area contributed by atoms with E-state index in [0.29, 0.717) is 23.5 Å². The Morgan fingerprint density at radius 3 is 1.97 bits per heavy atom. The molecule has 0 spiro atoms. The number of rotatable bonds is 9. The van der Waals surface area contributed by atoms with Crippen LogP contribution in [0.25, 0.3) is 0 Å². The molecule has 0 heterocycles. The van der Waals surface area contributed by atoms with E-state index in [1.54, 1.807) is 6.92 Å². The van der Waals surface area contributed by atoms with Crippen LogP contribution in [0.5, 0.6) is 0 Å². The van der Waals surface area contributed by atoms with Crippen LogP contribution in [0, 0.1) is 0 Å². The largest absolute Gasteiger partial charge is 0.326 e. The highest BCUT2D eigenvalue weighted by Gasteiger charge is 2.16. The van der Waals surface area contributed by atoms with Gasteiger partial charge in [-0.1, -0.05) is 6.92 Å². The van der Waals surface area contributed by atoms with Crippen molar-refractivity contribution >= 4 is 54.6 Å². The summed E-state index contributed by atoms with van der Waals surface area (Å²) in [4.78, 5) is 24.1. The second-order valence-corrected chi connectivity index (χ2v) is 10.4. The molecule has 10 nitrogen and oxygen atoms in total. The average molecular weight is 469 g/mol. The Labute approximate surface area is 181 Å². The molecule has 0 unspecified atom stereocenters. The van der Waals surface area contributed by atoms with E-state index in [1.165, 1.54) is 49.4 Å². The van der Waals surface area contributed by atoms with Gasteiger partial charge in [-0.3, -0.25) is 19.0 Å². The summed E-state index contributed by atoms with van der Waals surface area (Å²) in [6, 6.07) is 10.2. The van der Waals surface area contributed by atoms with Crippen LogP contribution in [-0.2, 0) is 24.8 Å². The molecule has 0 aliphatic carbocycles. The normalized spacial score (nSPS) is 11.5. The van der Waals surface area contributed by atoms with Gasteiger partial charge in [-0.15, -0.1) is 0 Å². The van der Waals surface area contributed by atoms with Crippen LogP contribution in [0.1, 0.15) is 30.6 Å². The van der Waals surface area contributed by atoms with Crippen molar-refractivity contribution in [3.05, 3.63) is 48.0 Å². The van der Waals surface area contributed by atoms with Crippen LogP contribution in [0.4, 0.5) is 22.7 Å². The predicted molar refractivity (Wildman–Crippen MR) is 121 cm³/mol. The summed E-state index contributed by atoms with van der Waals surface area (Å²) in [6.45, 7) is 3.06. The molecular formula is C19H24N4O6S2. The van der Waals surface area contributed by atoms with Crippen LogP contribution < -0.4 is 20.1 Å². The summed E-state index contributed by atoms with van der Waals surface area (Å²) >= 11 is 0. The van der Waals surface area contributed by atoms with Crippen LogP contribution in [0.3, 0.4) is 0 Å². The lowest BCUT2D eigenvalue weighted by Crippen LogP contribution is -2.18. The fourth-order valence-electron chi connectivity index (χ4n) is 2.62. The second kappa shape index (κ2) is 9.79. The van der Waals surface area contributed by atoms with Crippen LogP contribution in [-0.4, -0.2) is 40.7 Å². The number of benzene rings is 2. The number of sulfonamides is 2. The molecule has 12 heteroatoms. The van der Waals surface area contributed by atoms with Gasteiger partial charge in [-0.05, 0) is 48.9 Å². The van der Waals surface area contributed by atoms with Crippen molar-refractivity contribution in [1.29, 1.82) is 0 Å². The molecule has 0 saturated heterocycles. The minimum atomic E-state index is -3.65. The number of carbonyl (C=O) groups excluding carboxylic acids is 2. The summed E-state index contributed by atoms with van der Waals surface area (Å²) in [7, 11) is -7.09. The van der Waals surface area contributed by atoms with Crippen molar-refractivity contribution in [2.24, 2.45) is 0 Å². The lowest BCUT2D eigenvalue weighted by Gasteiger charge is -2.14. The second-order valence-electron chi connectivity index (χ2n) is 6.77. The first-order chi connectivity index (χ1) is 14.4. The summed E-state index contributed by atoms with van der Waals surface area (Å²) in [5.41, 5.74) is 1.05. The standard InChI is InChI=1S/C19H24N4O6S2/c1-4-11-31(28,29)22-15-7-5-14(6-8-15)21-19(25)17-12-16(20-13(2)24)9-10-18(17)23-30(3,26)27/h5-10,12,22-23H,4,11H2,1-3H3,(H,20,24)(H,21,25). The quantitative estimate of drug-likeness (QED) is 0.444. The fraction of sp³-hybridized carbons (Fsp3) is 0.263. The Bertz CT molecular complexity index is 1180. The first-order valence-electron chi connectivity index (χ1n) is 9.20. The number of hydrogen-bond donors (Lipinski definition) is 4. The van der Waals surface area contributed by atoms with E-state index in [4.69, 9.17) is 0 Å².